The molecular weight excluding hydrogens is 262 g/mol. The molecule has 0 aromatic carbocycles. The summed E-state index contributed by atoms with van der Waals surface area (Å²) in [6.45, 7) is 0.611. The quantitative estimate of drug-likeness (QED) is 0.820. The van der Waals surface area contributed by atoms with Crippen molar-refractivity contribution in [3.63, 3.8) is 0 Å². The minimum atomic E-state index is -0.651. The Kier molecular flexibility index (Phi) is 4.63. The Balaban J connectivity index is 1.75. The van der Waals surface area contributed by atoms with Gasteiger partial charge < -0.3 is 10.6 Å². The first-order valence-corrected chi connectivity index (χ1v) is 6.62. The van der Waals surface area contributed by atoms with E-state index in [2.05, 4.69) is 15.6 Å². The van der Waals surface area contributed by atoms with E-state index < -0.39 is 11.8 Å². The normalized spacial score (nSPS) is 9.89. The Morgan fingerprint density at radius 2 is 1.84 bits per heavy atom. The molecule has 0 atom stereocenters. The summed E-state index contributed by atoms with van der Waals surface area (Å²) in [5, 5.41) is 7.00. The highest BCUT2D eigenvalue weighted by molar-refractivity contribution is 7.09. The molecule has 0 radical (unpaired) electrons. The highest BCUT2D eigenvalue weighted by Gasteiger charge is 2.12. The zero-order valence-corrected chi connectivity index (χ0v) is 10.9. The number of thiophene rings is 1. The van der Waals surface area contributed by atoms with Crippen LogP contribution in [0.25, 0.3) is 0 Å². The van der Waals surface area contributed by atoms with Gasteiger partial charge in [-0.15, -0.1) is 11.3 Å². The monoisotopic (exact) mass is 275 g/mol. The summed E-state index contributed by atoms with van der Waals surface area (Å²) in [6.07, 6.45) is 1.64. The topological polar surface area (TPSA) is 71.1 Å². The fourth-order valence-electron chi connectivity index (χ4n) is 1.41. The molecule has 0 saturated heterocycles. The van der Waals surface area contributed by atoms with Gasteiger partial charge in [-0.2, -0.15) is 0 Å². The minimum Gasteiger partial charge on any atom is -0.343 e. The van der Waals surface area contributed by atoms with E-state index in [0.717, 1.165) is 4.88 Å². The van der Waals surface area contributed by atoms with Gasteiger partial charge in [-0.05, 0) is 23.6 Å². The van der Waals surface area contributed by atoms with Gasteiger partial charge in [-0.25, -0.2) is 0 Å². The molecule has 19 heavy (non-hydrogen) atoms. The van der Waals surface area contributed by atoms with Crippen molar-refractivity contribution >= 4 is 23.2 Å². The van der Waals surface area contributed by atoms with Gasteiger partial charge in [0.15, 0.2) is 0 Å². The second-order valence-corrected chi connectivity index (χ2v) is 4.80. The summed E-state index contributed by atoms with van der Waals surface area (Å²) in [5.41, 5.74) is 0.710. The van der Waals surface area contributed by atoms with Gasteiger partial charge in [0, 0.05) is 11.1 Å². The number of nitrogens with one attached hydrogen (secondary N) is 2. The summed E-state index contributed by atoms with van der Waals surface area (Å²) in [6, 6.07) is 9.19. The van der Waals surface area contributed by atoms with Crippen LogP contribution in [-0.2, 0) is 22.7 Å². The van der Waals surface area contributed by atoms with Crippen LogP contribution in [0.2, 0.25) is 0 Å². The number of aromatic nitrogens is 1. The minimum absolute atomic E-state index is 0.242. The number of pyridine rings is 1. The number of nitrogens with zero attached hydrogens (tertiary/aromatic N) is 1. The van der Waals surface area contributed by atoms with Crippen LogP contribution < -0.4 is 10.6 Å². The highest BCUT2D eigenvalue weighted by atomic mass is 32.1. The van der Waals surface area contributed by atoms with Crippen molar-refractivity contribution in [2.24, 2.45) is 0 Å². The van der Waals surface area contributed by atoms with Crippen molar-refractivity contribution in [1.82, 2.24) is 15.6 Å². The maximum atomic E-state index is 11.5. The summed E-state index contributed by atoms with van der Waals surface area (Å²) in [4.78, 5) is 28.1. The number of amides is 2. The van der Waals surface area contributed by atoms with Gasteiger partial charge in [0.25, 0.3) is 0 Å². The molecule has 2 aromatic heterocycles. The average molecular weight is 275 g/mol. The van der Waals surface area contributed by atoms with Gasteiger partial charge in [-0.3, -0.25) is 14.6 Å². The molecule has 0 unspecified atom stereocenters. The van der Waals surface area contributed by atoms with E-state index in [-0.39, 0.29) is 6.54 Å². The van der Waals surface area contributed by atoms with Gasteiger partial charge in [-0.1, -0.05) is 12.1 Å². The predicted molar refractivity (Wildman–Crippen MR) is 72.2 cm³/mol. The number of hydrogen-bond donors (Lipinski definition) is 2. The second-order valence-electron chi connectivity index (χ2n) is 3.77. The SMILES string of the molecule is O=C(NCc1ccccn1)C(=O)NCc1cccs1. The largest absolute Gasteiger partial charge is 0.343 e. The van der Waals surface area contributed by atoms with Crippen LogP contribution in [0, 0.1) is 0 Å². The molecule has 0 aliphatic carbocycles. The standard InChI is InChI=1S/C13H13N3O2S/c17-12(15-8-10-4-1-2-6-14-10)13(18)16-9-11-5-3-7-19-11/h1-7H,8-9H2,(H,15,17)(H,16,18). The molecule has 0 aliphatic heterocycles. The first-order valence-electron chi connectivity index (χ1n) is 5.74. The van der Waals surface area contributed by atoms with Crippen molar-refractivity contribution in [1.29, 1.82) is 0 Å². The Morgan fingerprint density at radius 3 is 2.47 bits per heavy atom. The van der Waals surface area contributed by atoms with E-state index in [1.54, 1.807) is 18.3 Å². The van der Waals surface area contributed by atoms with Crippen LogP contribution in [0.3, 0.4) is 0 Å². The van der Waals surface area contributed by atoms with Crippen LogP contribution in [-0.4, -0.2) is 16.8 Å². The summed E-state index contributed by atoms with van der Waals surface area (Å²) < 4.78 is 0. The Morgan fingerprint density at radius 1 is 1.05 bits per heavy atom. The molecule has 2 amide bonds. The maximum Gasteiger partial charge on any atom is 0.309 e. The second kappa shape index (κ2) is 6.65. The lowest BCUT2D eigenvalue weighted by molar-refractivity contribution is -0.139. The van der Waals surface area contributed by atoms with E-state index in [1.807, 2.05) is 23.6 Å². The van der Waals surface area contributed by atoms with E-state index in [1.165, 1.54) is 11.3 Å². The van der Waals surface area contributed by atoms with E-state index in [4.69, 9.17) is 0 Å². The lowest BCUT2D eigenvalue weighted by Gasteiger charge is -2.05. The fraction of sp³-hybridized carbons (Fsp3) is 0.154. The fourth-order valence-corrected chi connectivity index (χ4v) is 2.06. The Labute approximate surface area is 114 Å². The third kappa shape index (κ3) is 4.18. The van der Waals surface area contributed by atoms with E-state index in [9.17, 15) is 9.59 Å². The molecule has 2 aromatic rings. The third-order valence-electron chi connectivity index (χ3n) is 2.37. The molecule has 0 bridgehead atoms. The van der Waals surface area contributed by atoms with Crippen molar-refractivity contribution in [2.45, 2.75) is 13.1 Å². The molecule has 2 N–H and O–H groups in total. The van der Waals surface area contributed by atoms with Gasteiger partial charge >= 0.3 is 11.8 Å². The van der Waals surface area contributed by atoms with Crippen molar-refractivity contribution in [3.8, 4) is 0 Å². The lowest BCUT2D eigenvalue weighted by atomic mass is 10.3. The molecule has 2 heterocycles. The molecule has 6 heteroatoms. The number of rotatable bonds is 4. The Hall–Kier alpha value is -2.21. The predicted octanol–water partition coefficient (Wildman–Crippen LogP) is 1.08. The maximum absolute atomic E-state index is 11.5. The third-order valence-corrected chi connectivity index (χ3v) is 3.24. The molecule has 0 saturated carbocycles. The van der Waals surface area contributed by atoms with E-state index in [0.29, 0.717) is 12.2 Å². The van der Waals surface area contributed by atoms with Crippen molar-refractivity contribution in [3.05, 3.63) is 52.5 Å². The molecule has 2 rings (SSSR count). The molecule has 98 valence electrons. The zero-order valence-electron chi connectivity index (χ0n) is 10.1. The average Bonchev–Trinajstić information content (AvgIpc) is 2.96. The van der Waals surface area contributed by atoms with Gasteiger partial charge in [0.05, 0.1) is 18.8 Å². The van der Waals surface area contributed by atoms with Crippen LogP contribution in [0.5, 0.6) is 0 Å². The molecule has 0 aliphatic rings. The first kappa shape index (κ1) is 13.2. The number of carbonyl (C=O) groups is 2. The van der Waals surface area contributed by atoms with Crippen LogP contribution in [0.4, 0.5) is 0 Å². The smallest absolute Gasteiger partial charge is 0.309 e. The molecule has 0 fully saturated rings. The first-order chi connectivity index (χ1) is 9.25. The van der Waals surface area contributed by atoms with Crippen LogP contribution in [0.1, 0.15) is 10.6 Å². The van der Waals surface area contributed by atoms with Gasteiger partial charge in [0.1, 0.15) is 0 Å². The summed E-state index contributed by atoms with van der Waals surface area (Å²) >= 11 is 1.53. The molecule has 5 nitrogen and oxygen atoms in total. The van der Waals surface area contributed by atoms with E-state index >= 15 is 0 Å². The highest BCUT2D eigenvalue weighted by Crippen LogP contribution is 2.07. The molecule has 0 spiro atoms. The zero-order chi connectivity index (χ0) is 13.5. The summed E-state index contributed by atoms with van der Waals surface area (Å²) in [5.74, 6) is -1.29. The number of hydrogen-bond acceptors (Lipinski definition) is 4. The van der Waals surface area contributed by atoms with Crippen LogP contribution >= 0.6 is 11.3 Å². The van der Waals surface area contributed by atoms with Gasteiger partial charge in [0.2, 0.25) is 0 Å². The number of carbonyl (C=O) groups excluding carboxylic acids is 2. The molecular formula is C13H13N3O2S. The van der Waals surface area contributed by atoms with Crippen molar-refractivity contribution in [2.75, 3.05) is 0 Å². The Bertz CT molecular complexity index is 540. The van der Waals surface area contributed by atoms with Crippen molar-refractivity contribution < 1.29 is 9.59 Å². The summed E-state index contributed by atoms with van der Waals surface area (Å²) in [7, 11) is 0. The van der Waals surface area contributed by atoms with Crippen LogP contribution in [0.15, 0.2) is 41.9 Å². The lowest BCUT2D eigenvalue weighted by Crippen LogP contribution is -2.39.